The van der Waals surface area contributed by atoms with Crippen LogP contribution >= 0.6 is 0 Å². The number of hydrogen-bond acceptors (Lipinski definition) is 2. The van der Waals surface area contributed by atoms with Crippen molar-refractivity contribution < 1.29 is 9.53 Å². The van der Waals surface area contributed by atoms with Crippen molar-refractivity contribution in [2.24, 2.45) is 0 Å². The van der Waals surface area contributed by atoms with E-state index >= 15 is 0 Å². The van der Waals surface area contributed by atoms with Gasteiger partial charge in [-0.3, -0.25) is 4.79 Å². The van der Waals surface area contributed by atoms with Crippen molar-refractivity contribution in [1.82, 2.24) is 0 Å². The molecular weight excluding hydrogens is 188 g/mol. The van der Waals surface area contributed by atoms with E-state index < -0.39 is 0 Å². The van der Waals surface area contributed by atoms with Gasteiger partial charge in [-0.1, -0.05) is 24.3 Å². The second-order valence-electron chi connectivity index (χ2n) is 4.37. The third kappa shape index (κ3) is 1.37. The minimum atomic E-state index is -0.282. The predicted octanol–water partition coefficient (Wildman–Crippen LogP) is 2.03. The van der Waals surface area contributed by atoms with Gasteiger partial charge < -0.3 is 4.74 Å². The SMILES string of the molecule is O=C1C=COC2(C1)Cc1ccccc1C2. The number of ketones is 1. The fourth-order valence-corrected chi connectivity index (χ4v) is 2.54. The molecule has 0 unspecified atom stereocenters. The van der Waals surface area contributed by atoms with Crippen molar-refractivity contribution in [3.8, 4) is 0 Å². The standard InChI is InChI=1S/C13H12O2/c14-12-5-6-15-13(9-12)7-10-3-1-2-4-11(10)8-13/h1-6H,7-9H2. The Morgan fingerprint density at radius 2 is 1.73 bits per heavy atom. The molecule has 3 rings (SSSR count). The maximum absolute atomic E-state index is 11.4. The van der Waals surface area contributed by atoms with E-state index in [0.717, 1.165) is 12.8 Å². The summed E-state index contributed by atoms with van der Waals surface area (Å²) in [5.41, 5.74) is 2.36. The number of rotatable bonds is 0. The van der Waals surface area contributed by atoms with Crippen LogP contribution < -0.4 is 0 Å². The summed E-state index contributed by atoms with van der Waals surface area (Å²) >= 11 is 0. The summed E-state index contributed by atoms with van der Waals surface area (Å²) in [7, 11) is 0. The molecule has 0 radical (unpaired) electrons. The molecule has 76 valence electrons. The Hall–Kier alpha value is -1.57. The molecule has 0 saturated heterocycles. The Kier molecular flexibility index (Phi) is 1.72. The van der Waals surface area contributed by atoms with E-state index in [1.165, 1.54) is 17.2 Å². The van der Waals surface area contributed by atoms with E-state index in [4.69, 9.17) is 4.74 Å². The lowest BCUT2D eigenvalue weighted by Gasteiger charge is -2.29. The zero-order chi connectivity index (χ0) is 10.3. The van der Waals surface area contributed by atoms with Gasteiger partial charge in [-0.05, 0) is 11.1 Å². The van der Waals surface area contributed by atoms with Crippen LogP contribution in [0.5, 0.6) is 0 Å². The van der Waals surface area contributed by atoms with Crippen molar-refractivity contribution in [2.45, 2.75) is 24.9 Å². The van der Waals surface area contributed by atoms with E-state index in [-0.39, 0.29) is 11.4 Å². The molecule has 1 aromatic rings. The molecule has 15 heavy (non-hydrogen) atoms. The van der Waals surface area contributed by atoms with Crippen LogP contribution in [0.25, 0.3) is 0 Å². The van der Waals surface area contributed by atoms with Gasteiger partial charge in [0, 0.05) is 18.9 Å². The van der Waals surface area contributed by atoms with Crippen LogP contribution in [0, 0.1) is 0 Å². The largest absolute Gasteiger partial charge is 0.494 e. The second kappa shape index (κ2) is 2.96. The molecule has 1 spiro atoms. The molecule has 2 nitrogen and oxygen atoms in total. The Labute approximate surface area is 88.6 Å². The topological polar surface area (TPSA) is 26.3 Å². The molecule has 1 aromatic carbocycles. The van der Waals surface area contributed by atoms with Gasteiger partial charge in [0.2, 0.25) is 0 Å². The van der Waals surface area contributed by atoms with Gasteiger partial charge in [0.15, 0.2) is 5.78 Å². The predicted molar refractivity (Wildman–Crippen MR) is 56.4 cm³/mol. The maximum atomic E-state index is 11.4. The number of allylic oxidation sites excluding steroid dienone is 1. The first-order chi connectivity index (χ1) is 7.27. The van der Waals surface area contributed by atoms with Crippen molar-refractivity contribution in [3.63, 3.8) is 0 Å². The van der Waals surface area contributed by atoms with Crippen molar-refractivity contribution >= 4 is 5.78 Å². The monoisotopic (exact) mass is 200 g/mol. The van der Waals surface area contributed by atoms with Crippen molar-refractivity contribution in [3.05, 3.63) is 47.7 Å². The average molecular weight is 200 g/mol. The molecule has 0 atom stereocenters. The summed E-state index contributed by atoms with van der Waals surface area (Å²) < 4.78 is 5.68. The second-order valence-corrected chi connectivity index (χ2v) is 4.37. The lowest BCUT2D eigenvalue weighted by Crippen LogP contribution is -2.36. The van der Waals surface area contributed by atoms with E-state index in [9.17, 15) is 4.79 Å². The smallest absolute Gasteiger partial charge is 0.162 e. The van der Waals surface area contributed by atoms with Crippen LogP contribution in [0.4, 0.5) is 0 Å². The molecule has 1 aliphatic heterocycles. The van der Waals surface area contributed by atoms with Crippen LogP contribution in [-0.4, -0.2) is 11.4 Å². The first-order valence-corrected chi connectivity index (χ1v) is 5.21. The highest BCUT2D eigenvalue weighted by atomic mass is 16.5. The third-order valence-electron chi connectivity index (χ3n) is 3.21. The molecule has 0 fully saturated rings. The fourth-order valence-electron chi connectivity index (χ4n) is 2.54. The zero-order valence-corrected chi connectivity index (χ0v) is 8.40. The number of carbonyl (C=O) groups excluding carboxylic acids is 1. The van der Waals surface area contributed by atoms with Gasteiger partial charge >= 0.3 is 0 Å². The number of benzene rings is 1. The van der Waals surface area contributed by atoms with Gasteiger partial charge in [0.05, 0.1) is 12.7 Å². The summed E-state index contributed by atoms with van der Waals surface area (Å²) in [6.45, 7) is 0. The normalized spacial score (nSPS) is 21.5. The van der Waals surface area contributed by atoms with E-state index in [0.29, 0.717) is 6.42 Å². The number of fused-ring (bicyclic) bond motifs is 1. The van der Waals surface area contributed by atoms with Crippen LogP contribution in [0.1, 0.15) is 17.5 Å². The highest BCUT2D eigenvalue weighted by Gasteiger charge is 2.41. The van der Waals surface area contributed by atoms with Gasteiger partial charge in [-0.2, -0.15) is 0 Å². The molecular formula is C13H12O2. The van der Waals surface area contributed by atoms with Gasteiger partial charge in [0.1, 0.15) is 5.60 Å². The Bertz CT molecular complexity index is 421. The Morgan fingerprint density at radius 3 is 2.33 bits per heavy atom. The van der Waals surface area contributed by atoms with Gasteiger partial charge in [0.25, 0.3) is 0 Å². The molecule has 0 bridgehead atoms. The number of hydrogen-bond donors (Lipinski definition) is 0. The van der Waals surface area contributed by atoms with Gasteiger partial charge in [-0.15, -0.1) is 0 Å². The van der Waals surface area contributed by atoms with E-state index in [1.807, 2.05) is 12.1 Å². The molecule has 1 aliphatic carbocycles. The fraction of sp³-hybridized carbons (Fsp3) is 0.308. The van der Waals surface area contributed by atoms with Crippen LogP contribution in [0.2, 0.25) is 0 Å². The van der Waals surface area contributed by atoms with Crippen LogP contribution in [-0.2, 0) is 22.4 Å². The summed E-state index contributed by atoms with van der Waals surface area (Å²) in [6.07, 6.45) is 5.31. The number of ether oxygens (including phenoxy) is 1. The minimum absolute atomic E-state index is 0.175. The summed E-state index contributed by atoms with van der Waals surface area (Å²) in [4.78, 5) is 11.4. The molecule has 0 aromatic heterocycles. The Morgan fingerprint density at radius 1 is 1.07 bits per heavy atom. The molecule has 2 heteroatoms. The van der Waals surface area contributed by atoms with Crippen LogP contribution in [0.3, 0.4) is 0 Å². The zero-order valence-electron chi connectivity index (χ0n) is 8.40. The summed E-state index contributed by atoms with van der Waals surface area (Å²) in [5.74, 6) is 0.175. The number of carbonyl (C=O) groups is 1. The summed E-state index contributed by atoms with van der Waals surface area (Å²) in [6, 6.07) is 8.32. The average Bonchev–Trinajstić information content (AvgIpc) is 2.54. The maximum Gasteiger partial charge on any atom is 0.162 e. The molecule has 2 aliphatic rings. The lowest BCUT2D eigenvalue weighted by molar-refractivity contribution is -0.121. The molecule has 0 saturated carbocycles. The first-order valence-electron chi connectivity index (χ1n) is 5.21. The third-order valence-corrected chi connectivity index (χ3v) is 3.21. The highest BCUT2D eigenvalue weighted by Crippen LogP contribution is 2.37. The summed E-state index contributed by atoms with van der Waals surface area (Å²) in [5, 5.41) is 0. The van der Waals surface area contributed by atoms with Crippen LogP contribution in [0.15, 0.2) is 36.6 Å². The van der Waals surface area contributed by atoms with Gasteiger partial charge in [-0.25, -0.2) is 0 Å². The first kappa shape index (κ1) is 8.72. The lowest BCUT2D eigenvalue weighted by atomic mass is 9.92. The van der Waals surface area contributed by atoms with E-state index in [1.54, 1.807) is 6.26 Å². The minimum Gasteiger partial charge on any atom is -0.494 e. The van der Waals surface area contributed by atoms with Crippen molar-refractivity contribution in [2.75, 3.05) is 0 Å². The Balaban J connectivity index is 1.95. The van der Waals surface area contributed by atoms with Crippen molar-refractivity contribution in [1.29, 1.82) is 0 Å². The molecule has 0 N–H and O–H groups in total. The quantitative estimate of drug-likeness (QED) is 0.640. The highest BCUT2D eigenvalue weighted by molar-refractivity contribution is 5.91. The molecule has 1 heterocycles. The van der Waals surface area contributed by atoms with E-state index in [2.05, 4.69) is 12.1 Å². The molecule has 0 amide bonds.